The Morgan fingerprint density at radius 2 is 2.22 bits per heavy atom. The van der Waals surface area contributed by atoms with Crippen molar-refractivity contribution in [3.05, 3.63) is 16.3 Å². The minimum atomic E-state index is -3.37. The van der Waals surface area contributed by atoms with Crippen LogP contribution in [0.4, 0.5) is 0 Å². The predicted octanol–water partition coefficient (Wildman–Crippen LogP) is 1.93. The number of hydrogen-bond acceptors (Lipinski definition) is 4. The quantitative estimate of drug-likeness (QED) is 0.870. The fourth-order valence-electron chi connectivity index (χ4n) is 2.44. The van der Waals surface area contributed by atoms with Crippen LogP contribution in [0.25, 0.3) is 0 Å². The molecule has 0 bridgehead atoms. The van der Waals surface area contributed by atoms with Gasteiger partial charge in [0.15, 0.2) is 0 Å². The van der Waals surface area contributed by atoms with E-state index in [0.717, 1.165) is 24.1 Å². The molecule has 4 nitrogen and oxygen atoms in total. The zero-order chi connectivity index (χ0) is 13.2. The summed E-state index contributed by atoms with van der Waals surface area (Å²) in [5.74, 6) is 0.436. The summed E-state index contributed by atoms with van der Waals surface area (Å²) in [6, 6.07) is 1.79. The van der Waals surface area contributed by atoms with Crippen LogP contribution in [0.15, 0.2) is 16.3 Å². The average Bonchev–Trinajstić information content (AvgIpc) is 2.90. The molecule has 0 aliphatic heterocycles. The second-order valence-corrected chi connectivity index (χ2v) is 7.56. The lowest BCUT2D eigenvalue weighted by Crippen LogP contribution is -2.36. The molecule has 0 aromatic carbocycles. The molecule has 18 heavy (non-hydrogen) atoms. The van der Waals surface area contributed by atoms with Gasteiger partial charge in [0.05, 0.1) is 4.90 Å². The topological polar surface area (TPSA) is 58.2 Å². The maximum Gasteiger partial charge on any atom is 0.241 e. The smallest absolute Gasteiger partial charge is 0.241 e. The van der Waals surface area contributed by atoms with E-state index in [0.29, 0.717) is 17.4 Å². The zero-order valence-corrected chi connectivity index (χ0v) is 12.4. The molecular formula is C12H20N2O2S2. The summed E-state index contributed by atoms with van der Waals surface area (Å²) in [6.07, 6.45) is 3.17. The van der Waals surface area contributed by atoms with Gasteiger partial charge in [-0.15, -0.1) is 11.3 Å². The van der Waals surface area contributed by atoms with Crippen LogP contribution >= 0.6 is 11.3 Å². The van der Waals surface area contributed by atoms with Gasteiger partial charge in [-0.1, -0.05) is 13.3 Å². The van der Waals surface area contributed by atoms with E-state index in [2.05, 4.69) is 17.0 Å². The van der Waals surface area contributed by atoms with Crippen LogP contribution in [0.1, 0.15) is 31.1 Å². The third kappa shape index (κ3) is 2.93. The highest BCUT2D eigenvalue weighted by atomic mass is 32.2. The second kappa shape index (κ2) is 5.69. The fourth-order valence-corrected chi connectivity index (χ4v) is 5.28. The first-order valence-corrected chi connectivity index (χ1v) is 8.64. The molecule has 1 aliphatic carbocycles. The van der Waals surface area contributed by atoms with Gasteiger partial charge in [-0.25, -0.2) is 13.1 Å². The molecule has 0 amide bonds. The Bertz CT molecular complexity index is 496. The first kappa shape index (κ1) is 14.0. The summed E-state index contributed by atoms with van der Waals surface area (Å²) in [7, 11) is -1.54. The van der Waals surface area contributed by atoms with E-state index >= 15 is 0 Å². The normalized spacial score (nSPS) is 24.6. The maximum absolute atomic E-state index is 12.4. The summed E-state index contributed by atoms with van der Waals surface area (Å²) in [6.45, 7) is 2.70. The van der Waals surface area contributed by atoms with Crippen molar-refractivity contribution in [1.82, 2.24) is 10.0 Å². The molecular weight excluding hydrogens is 268 g/mol. The van der Waals surface area contributed by atoms with Crippen molar-refractivity contribution in [2.45, 2.75) is 43.7 Å². The number of nitrogens with one attached hydrogen (secondary N) is 2. The van der Waals surface area contributed by atoms with E-state index < -0.39 is 10.0 Å². The van der Waals surface area contributed by atoms with Gasteiger partial charge in [0.2, 0.25) is 10.0 Å². The van der Waals surface area contributed by atoms with Gasteiger partial charge in [-0.2, -0.15) is 0 Å². The van der Waals surface area contributed by atoms with Gasteiger partial charge in [-0.05, 0) is 37.3 Å². The van der Waals surface area contributed by atoms with Gasteiger partial charge < -0.3 is 5.32 Å². The molecule has 2 rings (SSSR count). The van der Waals surface area contributed by atoms with E-state index in [9.17, 15) is 8.42 Å². The molecule has 1 aromatic rings. The Balaban J connectivity index is 2.17. The molecule has 0 radical (unpaired) electrons. The van der Waals surface area contributed by atoms with Crippen molar-refractivity contribution in [1.29, 1.82) is 0 Å². The SMILES string of the molecule is CNCc1sccc1S(=O)(=O)NC1CCCC1C. The molecule has 6 heteroatoms. The van der Waals surface area contributed by atoms with Gasteiger partial charge in [-0.3, -0.25) is 0 Å². The van der Waals surface area contributed by atoms with Crippen LogP contribution in [-0.4, -0.2) is 21.5 Å². The largest absolute Gasteiger partial charge is 0.315 e. The van der Waals surface area contributed by atoms with Crippen molar-refractivity contribution in [3.63, 3.8) is 0 Å². The Labute approximate surface area is 113 Å². The van der Waals surface area contributed by atoms with Crippen molar-refractivity contribution in [2.24, 2.45) is 5.92 Å². The van der Waals surface area contributed by atoms with Gasteiger partial charge >= 0.3 is 0 Å². The van der Waals surface area contributed by atoms with Crippen molar-refractivity contribution < 1.29 is 8.42 Å². The predicted molar refractivity (Wildman–Crippen MR) is 74.2 cm³/mol. The molecule has 2 N–H and O–H groups in total. The van der Waals surface area contributed by atoms with Gasteiger partial charge in [0.25, 0.3) is 0 Å². The molecule has 1 aromatic heterocycles. The number of sulfonamides is 1. The lowest BCUT2D eigenvalue weighted by atomic mass is 10.1. The van der Waals surface area contributed by atoms with E-state index in [1.165, 1.54) is 11.3 Å². The van der Waals surface area contributed by atoms with Crippen LogP contribution in [0.3, 0.4) is 0 Å². The van der Waals surface area contributed by atoms with Crippen LogP contribution in [0, 0.1) is 5.92 Å². The third-order valence-electron chi connectivity index (χ3n) is 3.50. The molecule has 102 valence electrons. The van der Waals surface area contributed by atoms with E-state index in [4.69, 9.17) is 0 Å². The summed E-state index contributed by atoms with van der Waals surface area (Å²) in [4.78, 5) is 1.30. The maximum atomic E-state index is 12.4. The van der Waals surface area contributed by atoms with Crippen LogP contribution in [-0.2, 0) is 16.6 Å². The second-order valence-electron chi connectivity index (χ2n) is 4.87. The highest BCUT2D eigenvalue weighted by Gasteiger charge is 2.29. The van der Waals surface area contributed by atoms with Crippen molar-refractivity contribution in [2.75, 3.05) is 7.05 Å². The first-order valence-electron chi connectivity index (χ1n) is 6.28. The summed E-state index contributed by atoms with van der Waals surface area (Å²) in [5, 5.41) is 4.84. The molecule has 1 heterocycles. The van der Waals surface area contributed by atoms with Crippen LogP contribution in [0.2, 0.25) is 0 Å². The number of hydrogen-bond donors (Lipinski definition) is 2. The minimum absolute atomic E-state index is 0.0948. The minimum Gasteiger partial charge on any atom is -0.315 e. The Hall–Kier alpha value is -0.430. The highest BCUT2D eigenvalue weighted by molar-refractivity contribution is 7.89. The van der Waals surface area contributed by atoms with E-state index in [1.807, 2.05) is 12.4 Å². The summed E-state index contributed by atoms with van der Waals surface area (Å²) in [5.41, 5.74) is 0. The lowest BCUT2D eigenvalue weighted by molar-refractivity contribution is 0.476. The van der Waals surface area contributed by atoms with E-state index in [-0.39, 0.29) is 6.04 Å². The summed E-state index contributed by atoms with van der Waals surface area (Å²) < 4.78 is 27.6. The molecule has 1 fully saturated rings. The van der Waals surface area contributed by atoms with Crippen molar-refractivity contribution >= 4 is 21.4 Å². The Morgan fingerprint density at radius 1 is 1.44 bits per heavy atom. The van der Waals surface area contributed by atoms with Crippen molar-refractivity contribution in [3.8, 4) is 0 Å². The molecule has 1 aliphatic rings. The number of thiophene rings is 1. The Kier molecular flexibility index (Phi) is 4.42. The van der Waals surface area contributed by atoms with E-state index in [1.54, 1.807) is 6.07 Å². The highest BCUT2D eigenvalue weighted by Crippen LogP contribution is 2.28. The van der Waals surface area contributed by atoms with Gasteiger partial charge in [0, 0.05) is 17.5 Å². The fraction of sp³-hybridized carbons (Fsp3) is 0.667. The first-order chi connectivity index (χ1) is 8.54. The van der Waals surface area contributed by atoms with Crippen LogP contribution < -0.4 is 10.0 Å². The number of rotatable bonds is 5. The average molecular weight is 288 g/mol. The molecule has 0 spiro atoms. The van der Waals surface area contributed by atoms with Gasteiger partial charge in [0.1, 0.15) is 0 Å². The van der Waals surface area contributed by atoms with Crippen LogP contribution in [0.5, 0.6) is 0 Å². The molecule has 1 saturated carbocycles. The monoisotopic (exact) mass is 288 g/mol. The zero-order valence-electron chi connectivity index (χ0n) is 10.8. The molecule has 0 saturated heterocycles. The Morgan fingerprint density at radius 3 is 2.83 bits per heavy atom. The standard InChI is InChI=1S/C12H20N2O2S2/c1-9-4-3-5-10(9)14-18(15,16)12-6-7-17-11(12)8-13-2/h6-7,9-10,13-14H,3-5,8H2,1-2H3. The molecule has 2 atom stereocenters. The summed E-state index contributed by atoms with van der Waals surface area (Å²) >= 11 is 1.48. The molecule has 2 unspecified atom stereocenters. The third-order valence-corrected chi connectivity index (χ3v) is 6.12. The lowest BCUT2D eigenvalue weighted by Gasteiger charge is -2.17.